The van der Waals surface area contributed by atoms with E-state index in [-0.39, 0.29) is 24.1 Å². The zero-order valence-electron chi connectivity index (χ0n) is 12.0. The minimum atomic E-state index is -0.583. The highest BCUT2D eigenvalue weighted by Crippen LogP contribution is 2.23. The van der Waals surface area contributed by atoms with Crippen molar-refractivity contribution in [2.75, 3.05) is 13.1 Å². The lowest BCUT2D eigenvalue weighted by Gasteiger charge is -2.34. The number of likely N-dealkylation sites (tertiary alicyclic amines) is 1. The highest BCUT2D eigenvalue weighted by Gasteiger charge is 2.23. The van der Waals surface area contributed by atoms with E-state index in [0.717, 1.165) is 32.0 Å². The van der Waals surface area contributed by atoms with Crippen LogP contribution in [0.25, 0.3) is 0 Å². The first-order valence-corrected chi connectivity index (χ1v) is 6.88. The van der Waals surface area contributed by atoms with Crippen LogP contribution >= 0.6 is 12.4 Å². The van der Waals surface area contributed by atoms with Crippen LogP contribution in [-0.4, -0.2) is 29.0 Å². The van der Waals surface area contributed by atoms with E-state index in [2.05, 4.69) is 4.90 Å². The molecule has 2 unspecified atom stereocenters. The largest absolute Gasteiger partial charge is 0.328 e. The molecule has 0 aliphatic carbocycles. The monoisotopic (exact) mass is 317 g/mol. The second-order valence-corrected chi connectivity index (χ2v) is 5.53. The molecule has 2 atom stereocenters. The summed E-state index contributed by atoms with van der Waals surface area (Å²) in [5, 5.41) is 10.6. The van der Waals surface area contributed by atoms with Crippen LogP contribution in [0.15, 0.2) is 18.2 Å². The third kappa shape index (κ3) is 4.62. The van der Waals surface area contributed by atoms with Crippen LogP contribution in [0.3, 0.4) is 0 Å². The van der Waals surface area contributed by atoms with Crippen molar-refractivity contribution in [3.8, 4) is 0 Å². The maximum absolute atomic E-state index is 13.9. The maximum Gasteiger partial charge on any atom is 0.272 e. The van der Waals surface area contributed by atoms with E-state index in [1.54, 1.807) is 0 Å². The standard InChI is InChI=1S/C14H20FN3O2.ClH/c1-10(16)11-3-2-6-17(8-11)9-12-4-5-13(18(19)20)7-14(12)15;/h4-5,7,10-11H,2-3,6,8-9,16H2,1H3;1H. The molecule has 1 aromatic carbocycles. The molecule has 0 spiro atoms. The summed E-state index contributed by atoms with van der Waals surface area (Å²) in [6.07, 6.45) is 2.16. The van der Waals surface area contributed by atoms with E-state index in [1.165, 1.54) is 12.1 Å². The number of piperidine rings is 1. The van der Waals surface area contributed by atoms with Gasteiger partial charge in [0.25, 0.3) is 5.69 Å². The zero-order chi connectivity index (χ0) is 14.7. The number of nitrogens with two attached hydrogens (primary N) is 1. The lowest BCUT2D eigenvalue weighted by molar-refractivity contribution is -0.385. The Morgan fingerprint density at radius 3 is 2.86 bits per heavy atom. The molecule has 1 aromatic rings. The summed E-state index contributed by atoms with van der Waals surface area (Å²) in [6, 6.07) is 3.98. The topological polar surface area (TPSA) is 72.4 Å². The van der Waals surface area contributed by atoms with Crippen LogP contribution in [0.1, 0.15) is 25.3 Å². The quantitative estimate of drug-likeness (QED) is 0.684. The highest BCUT2D eigenvalue weighted by atomic mass is 35.5. The summed E-state index contributed by atoms with van der Waals surface area (Å²) < 4.78 is 13.9. The van der Waals surface area contributed by atoms with Crippen molar-refractivity contribution in [2.45, 2.75) is 32.4 Å². The Labute approximate surface area is 129 Å². The first kappa shape index (κ1) is 17.8. The first-order chi connectivity index (χ1) is 9.47. The molecule has 0 radical (unpaired) electrons. The second-order valence-electron chi connectivity index (χ2n) is 5.53. The van der Waals surface area contributed by atoms with Crippen molar-refractivity contribution in [3.05, 3.63) is 39.7 Å². The summed E-state index contributed by atoms with van der Waals surface area (Å²) >= 11 is 0. The summed E-state index contributed by atoms with van der Waals surface area (Å²) in [6.45, 7) is 4.25. The Kier molecular flexibility index (Phi) is 6.51. The SMILES string of the molecule is CC(N)C1CCCN(Cc2ccc([N+](=O)[O-])cc2F)C1.Cl. The van der Waals surface area contributed by atoms with E-state index in [4.69, 9.17) is 5.73 Å². The number of hydrogen-bond acceptors (Lipinski definition) is 4. The Morgan fingerprint density at radius 1 is 1.57 bits per heavy atom. The molecule has 21 heavy (non-hydrogen) atoms. The molecular weight excluding hydrogens is 297 g/mol. The summed E-state index contributed by atoms with van der Waals surface area (Å²) in [4.78, 5) is 12.2. The van der Waals surface area contributed by atoms with Crippen LogP contribution in [0, 0.1) is 21.8 Å². The van der Waals surface area contributed by atoms with Crippen molar-refractivity contribution >= 4 is 18.1 Å². The maximum atomic E-state index is 13.9. The van der Waals surface area contributed by atoms with E-state index in [0.29, 0.717) is 18.0 Å². The molecule has 1 saturated heterocycles. The van der Waals surface area contributed by atoms with Gasteiger partial charge < -0.3 is 5.73 Å². The van der Waals surface area contributed by atoms with Gasteiger partial charge in [-0.2, -0.15) is 0 Å². The van der Waals surface area contributed by atoms with Gasteiger partial charge in [0.1, 0.15) is 5.82 Å². The molecule has 1 fully saturated rings. The smallest absolute Gasteiger partial charge is 0.272 e. The van der Waals surface area contributed by atoms with Crippen molar-refractivity contribution < 1.29 is 9.31 Å². The molecule has 1 heterocycles. The average molecular weight is 318 g/mol. The van der Waals surface area contributed by atoms with Crippen LogP contribution < -0.4 is 5.73 Å². The average Bonchev–Trinajstić information content (AvgIpc) is 2.41. The predicted molar refractivity (Wildman–Crippen MR) is 82.0 cm³/mol. The van der Waals surface area contributed by atoms with Gasteiger partial charge in [0.15, 0.2) is 0 Å². The fourth-order valence-corrected chi connectivity index (χ4v) is 2.68. The van der Waals surface area contributed by atoms with Gasteiger partial charge in [-0.1, -0.05) is 0 Å². The van der Waals surface area contributed by atoms with Gasteiger partial charge in [0, 0.05) is 30.8 Å². The van der Waals surface area contributed by atoms with Gasteiger partial charge in [-0.3, -0.25) is 15.0 Å². The number of nitrogens with zero attached hydrogens (tertiary/aromatic N) is 2. The molecule has 0 bridgehead atoms. The Hall–Kier alpha value is -1.24. The molecule has 7 heteroatoms. The molecule has 5 nitrogen and oxygen atoms in total. The van der Waals surface area contributed by atoms with Crippen LogP contribution in [0.2, 0.25) is 0 Å². The van der Waals surface area contributed by atoms with Gasteiger partial charge in [0.05, 0.1) is 11.0 Å². The first-order valence-electron chi connectivity index (χ1n) is 6.88. The van der Waals surface area contributed by atoms with Gasteiger partial charge >= 0.3 is 0 Å². The Balaban J connectivity index is 0.00000220. The molecule has 1 aliphatic rings. The fourth-order valence-electron chi connectivity index (χ4n) is 2.68. The molecule has 0 aromatic heterocycles. The summed E-state index contributed by atoms with van der Waals surface area (Å²) in [5.74, 6) is -0.0769. The number of nitro benzene ring substituents is 1. The van der Waals surface area contributed by atoms with E-state index >= 15 is 0 Å². The van der Waals surface area contributed by atoms with Crippen molar-refractivity contribution in [1.29, 1.82) is 0 Å². The van der Waals surface area contributed by atoms with Crippen molar-refractivity contribution in [2.24, 2.45) is 11.7 Å². The van der Waals surface area contributed by atoms with Crippen molar-refractivity contribution in [1.82, 2.24) is 4.90 Å². The molecule has 118 valence electrons. The van der Waals surface area contributed by atoms with Crippen LogP contribution in [0.5, 0.6) is 0 Å². The number of benzene rings is 1. The van der Waals surface area contributed by atoms with Gasteiger partial charge in [-0.25, -0.2) is 4.39 Å². The molecule has 2 rings (SSSR count). The third-order valence-corrected chi connectivity index (χ3v) is 3.93. The molecule has 1 aliphatic heterocycles. The Morgan fingerprint density at radius 2 is 2.29 bits per heavy atom. The fraction of sp³-hybridized carbons (Fsp3) is 0.571. The van der Waals surface area contributed by atoms with Gasteiger partial charge in [-0.05, 0) is 38.3 Å². The minimum absolute atomic E-state index is 0. The number of hydrogen-bond donors (Lipinski definition) is 1. The minimum Gasteiger partial charge on any atom is -0.328 e. The second kappa shape index (κ2) is 7.68. The zero-order valence-corrected chi connectivity index (χ0v) is 12.8. The molecular formula is C14H21ClFN3O2. The van der Waals surface area contributed by atoms with E-state index in [9.17, 15) is 14.5 Å². The molecule has 2 N–H and O–H groups in total. The summed E-state index contributed by atoms with van der Waals surface area (Å²) in [5.41, 5.74) is 6.22. The van der Waals surface area contributed by atoms with Gasteiger partial charge in [0.2, 0.25) is 0 Å². The number of non-ortho nitro benzene ring substituents is 1. The normalized spacial score (nSPS) is 20.6. The van der Waals surface area contributed by atoms with Crippen LogP contribution in [-0.2, 0) is 6.54 Å². The van der Waals surface area contributed by atoms with E-state index in [1.807, 2.05) is 6.92 Å². The van der Waals surface area contributed by atoms with E-state index < -0.39 is 10.7 Å². The number of halogens is 2. The third-order valence-electron chi connectivity index (χ3n) is 3.93. The number of nitro groups is 1. The van der Waals surface area contributed by atoms with Crippen molar-refractivity contribution in [3.63, 3.8) is 0 Å². The lowest BCUT2D eigenvalue weighted by atomic mass is 9.92. The predicted octanol–water partition coefficient (Wildman–Crippen LogP) is 2.71. The van der Waals surface area contributed by atoms with Crippen LogP contribution in [0.4, 0.5) is 10.1 Å². The number of rotatable bonds is 4. The van der Waals surface area contributed by atoms with Gasteiger partial charge in [-0.15, -0.1) is 12.4 Å². The Bertz CT molecular complexity index is 499. The lowest BCUT2D eigenvalue weighted by Crippen LogP contribution is -2.42. The summed E-state index contributed by atoms with van der Waals surface area (Å²) in [7, 11) is 0. The molecule has 0 amide bonds. The highest BCUT2D eigenvalue weighted by molar-refractivity contribution is 5.85. The molecule has 0 saturated carbocycles.